The van der Waals surface area contributed by atoms with Crippen LogP contribution in [0.4, 0.5) is 10.1 Å². The maximum absolute atomic E-state index is 13.6. The smallest absolute Gasteiger partial charge is 0.217 e. The van der Waals surface area contributed by atoms with Crippen molar-refractivity contribution in [3.63, 3.8) is 0 Å². The van der Waals surface area contributed by atoms with Crippen molar-refractivity contribution >= 4 is 11.6 Å². The van der Waals surface area contributed by atoms with Crippen LogP contribution in [-0.2, 0) is 11.3 Å². The lowest BCUT2D eigenvalue weighted by Crippen LogP contribution is -2.35. The van der Waals surface area contributed by atoms with E-state index in [-0.39, 0.29) is 24.3 Å². The molecule has 2 rings (SSSR count). The van der Waals surface area contributed by atoms with Crippen LogP contribution < -0.4 is 16.0 Å². The molecule has 0 aliphatic carbocycles. The Morgan fingerprint density at radius 2 is 2.39 bits per heavy atom. The summed E-state index contributed by atoms with van der Waals surface area (Å²) in [5.41, 5.74) is 6.98. The van der Waals surface area contributed by atoms with Gasteiger partial charge in [0.1, 0.15) is 5.82 Å². The fraction of sp³-hybridized carbons (Fsp3) is 0.462. The molecule has 1 aliphatic heterocycles. The standard InChI is InChI=1S/C13H18FN3O/c1-9(18)16-10-5-6-17(8-10)13-4-2-3-12(14)11(13)7-15/h2-4,10H,5-8,15H2,1H3,(H,16,18). The van der Waals surface area contributed by atoms with E-state index in [9.17, 15) is 9.18 Å². The van der Waals surface area contributed by atoms with Gasteiger partial charge in [0.25, 0.3) is 0 Å². The summed E-state index contributed by atoms with van der Waals surface area (Å²) in [4.78, 5) is 13.1. The highest BCUT2D eigenvalue weighted by Crippen LogP contribution is 2.26. The first-order valence-electron chi connectivity index (χ1n) is 6.11. The van der Waals surface area contributed by atoms with Crippen LogP contribution in [0.3, 0.4) is 0 Å². The highest BCUT2D eigenvalue weighted by molar-refractivity contribution is 5.73. The second-order valence-electron chi connectivity index (χ2n) is 4.57. The van der Waals surface area contributed by atoms with Gasteiger partial charge < -0.3 is 16.0 Å². The third-order valence-electron chi connectivity index (χ3n) is 3.23. The number of benzene rings is 1. The summed E-state index contributed by atoms with van der Waals surface area (Å²) < 4.78 is 13.6. The van der Waals surface area contributed by atoms with E-state index in [2.05, 4.69) is 10.2 Å². The molecule has 1 amide bonds. The summed E-state index contributed by atoms with van der Waals surface area (Å²) in [5.74, 6) is -0.293. The zero-order valence-corrected chi connectivity index (χ0v) is 10.4. The number of halogens is 1. The van der Waals surface area contributed by atoms with Crippen molar-refractivity contribution in [2.75, 3.05) is 18.0 Å². The summed E-state index contributed by atoms with van der Waals surface area (Å²) in [6.07, 6.45) is 0.875. The van der Waals surface area contributed by atoms with E-state index in [1.807, 2.05) is 6.07 Å². The van der Waals surface area contributed by atoms with Crippen molar-refractivity contribution < 1.29 is 9.18 Å². The Hall–Kier alpha value is -1.62. The van der Waals surface area contributed by atoms with E-state index in [0.717, 1.165) is 18.7 Å². The Morgan fingerprint density at radius 1 is 1.61 bits per heavy atom. The minimum Gasteiger partial charge on any atom is -0.369 e. The number of nitrogens with one attached hydrogen (secondary N) is 1. The number of amides is 1. The number of carbonyl (C=O) groups excluding carboxylic acids is 1. The molecule has 1 aliphatic rings. The van der Waals surface area contributed by atoms with Gasteiger partial charge in [-0.05, 0) is 18.6 Å². The minimum atomic E-state index is -0.266. The molecule has 3 N–H and O–H groups in total. The number of carbonyl (C=O) groups is 1. The van der Waals surface area contributed by atoms with Crippen molar-refractivity contribution in [2.45, 2.75) is 25.9 Å². The number of nitrogens with zero attached hydrogens (tertiary/aromatic N) is 1. The molecule has 1 aromatic rings. The SMILES string of the molecule is CC(=O)NC1CCN(c2cccc(F)c2CN)C1. The van der Waals surface area contributed by atoms with Gasteiger partial charge in [0.05, 0.1) is 0 Å². The molecule has 18 heavy (non-hydrogen) atoms. The van der Waals surface area contributed by atoms with Gasteiger partial charge >= 0.3 is 0 Å². The molecule has 0 bridgehead atoms. The molecule has 1 saturated heterocycles. The zero-order valence-electron chi connectivity index (χ0n) is 10.4. The molecule has 1 heterocycles. The Balaban J connectivity index is 2.14. The molecule has 4 nitrogen and oxygen atoms in total. The molecule has 1 atom stereocenters. The quantitative estimate of drug-likeness (QED) is 0.842. The largest absolute Gasteiger partial charge is 0.369 e. The van der Waals surface area contributed by atoms with Crippen LogP contribution in [-0.4, -0.2) is 25.0 Å². The fourth-order valence-electron chi connectivity index (χ4n) is 2.43. The van der Waals surface area contributed by atoms with Crippen molar-refractivity contribution in [3.8, 4) is 0 Å². The first kappa shape index (κ1) is 12.8. The maximum Gasteiger partial charge on any atom is 0.217 e. The van der Waals surface area contributed by atoms with Gasteiger partial charge in [0.15, 0.2) is 0 Å². The van der Waals surface area contributed by atoms with Gasteiger partial charge in [0, 0.05) is 43.9 Å². The molecule has 0 aromatic heterocycles. The summed E-state index contributed by atoms with van der Waals surface area (Å²) in [5, 5.41) is 2.89. The van der Waals surface area contributed by atoms with Crippen LogP contribution in [0.25, 0.3) is 0 Å². The maximum atomic E-state index is 13.6. The fourth-order valence-corrected chi connectivity index (χ4v) is 2.43. The predicted molar refractivity (Wildman–Crippen MR) is 68.7 cm³/mol. The molecular weight excluding hydrogens is 233 g/mol. The third-order valence-corrected chi connectivity index (χ3v) is 3.23. The first-order chi connectivity index (χ1) is 8.61. The molecule has 1 aromatic carbocycles. The minimum absolute atomic E-state index is 0.0276. The van der Waals surface area contributed by atoms with Gasteiger partial charge in [-0.3, -0.25) is 4.79 Å². The van der Waals surface area contributed by atoms with Crippen LogP contribution in [0.5, 0.6) is 0 Å². The summed E-state index contributed by atoms with van der Waals surface area (Å²) in [6.45, 7) is 3.21. The average molecular weight is 251 g/mol. The topological polar surface area (TPSA) is 58.4 Å². The number of hydrogen-bond donors (Lipinski definition) is 2. The highest BCUT2D eigenvalue weighted by atomic mass is 19.1. The molecule has 0 radical (unpaired) electrons. The number of rotatable bonds is 3. The van der Waals surface area contributed by atoms with E-state index in [1.54, 1.807) is 6.07 Å². The second-order valence-corrected chi connectivity index (χ2v) is 4.57. The third kappa shape index (κ3) is 2.61. The van der Waals surface area contributed by atoms with Crippen LogP contribution in [0.15, 0.2) is 18.2 Å². The summed E-state index contributed by atoms with van der Waals surface area (Å²) >= 11 is 0. The van der Waals surface area contributed by atoms with E-state index in [1.165, 1.54) is 13.0 Å². The number of nitrogens with two attached hydrogens (primary N) is 1. The van der Waals surface area contributed by atoms with Crippen LogP contribution in [0, 0.1) is 5.82 Å². The van der Waals surface area contributed by atoms with E-state index in [0.29, 0.717) is 12.1 Å². The monoisotopic (exact) mass is 251 g/mol. The van der Waals surface area contributed by atoms with Crippen LogP contribution in [0.1, 0.15) is 18.9 Å². The van der Waals surface area contributed by atoms with Crippen molar-refractivity contribution in [3.05, 3.63) is 29.6 Å². The molecule has 1 fully saturated rings. The van der Waals surface area contributed by atoms with E-state index in [4.69, 9.17) is 5.73 Å². The van der Waals surface area contributed by atoms with Gasteiger partial charge in [-0.1, -0.05) is 6.07 Å². The normalized spacial score (nSPS) is 19.1. The van der Waals surface area contributed by atoms with Crippen LogP contribution in [0.2, 0.25) is 0 Å². The zero-order chi connectivity index (χ0) is 13.1. The Labute approximate surface area is 106 Å². The summed E-state index contributed by atoms with van der Waals surface area (Å²) in [6, 6.07) is 5.13. The van der Waals surface area contributed by atoms with Crippen molar-refractivity contribution in [1.29, 1.82) is 0 Å². The lowest BCUT2D eigenvalue weighted by Gasteiger charge is -2.22. The van der Waals surface area contributed by atoms with Crippen molar-refractivity contribution in [1.82, 2.24) is 5.32 Å². The van der Waals surface area contributed by atoms with Gasteiger partial charge in [-0.15, -0.1) is 0 Å². The van der Waals surface area contributed by atoms with E-state index < -0.39 is 0 Å². The predicted octanol–water partition coefficient (Wildman–Crippen LogP) is 0.999. The first-order valence-corrected chi connectivity index (χ1v) is 6.11. The van der Waals surface area contributed by atoms with Gasteiger partial charge in [-0.25, -0.2) is 4.39 Å². The van der Waals surface area contributed by atoms with Gasteiger partial charge in [-0.2, -0.15) is 0 Å². The second kappa shape index (κ2) is 5.35. The lowest BCUT2D eigenvalue weighted by molar-refractivity contribution is -0.119. The van der Waals surface area contributed by atoms with Gasteiger partial charge in [0.2, 0.25) is 5.91 Å². The Bertz CT molecular complexity index is 450. The average Bonchev–Trinajstić information content (AvgIpc) is 2.76. The van der Waals surface area contributed by atoms with Crippen molar-refractivity contribution in [2.24, 2.45) is 5.73 Å². The highest BCUT2D eigenvalue weighted by Gasteiger charge is 2.25. The molecule has 98 valence electrons. The Kier molecular flexibility index (Phi) is 3.81. The number of hydrogen-bond acceptors (Lipinski definition) is 3. The molecule has 1 unspecified atom stereocenters. The molecule has 5 heteroatoms. The Morgan fingerprint density at radius 3 is 3.06 bits per heavy atom. The van der Waals surface area contributed by atoms with E-state index >= 15 is 0 Å². The molecule has 0 spiro atoms. The van der Waals surface area contributed by atoms with Crippen LogP contribution >= 0.6 is 0 Å². The molecule has 0 saturated carbocycles. The number of anilines is 1. The molecular formula is C13H18FN3O. The summed E-state index contributed by atoms with van der Waals surface area (Å²) in [7, 11) is 0. The lowest BCUT2D eigenvalue weighted by atomic mass is 10.1.